The summed E-state index contributed by atoms with van der Waals surface area (Å²) < 4.78 is 28.4. The summed E-state index contributed by atoms with van der Waals surface area (Å²) in [5, 5.41) is 3.93. The lowest BCUT2D eigenvalue weighted by molar-refractivity contribution is 0.582. The Hall–Kier alpha value is -1.93. The molecule has 0 aliphatic carbocycles. The number of hydrogen-bond acceptors (Lipinski definition) is 4. The van der Waals surface area contributed by atoms with Crippen molar-refractivity contribution >= 4 is 32.9 Å². The first-order valence-electron chi connectivity index (χ1n) is 5.72. The second-order valence-corrected chi connectivity index (χ2v) is 6.36. The molecule has 2 aromatic rings. The van der Waals surface area contributed by atoms with Crippen molar-refractivity contribution in [2.45, 2.75) is 11.9 Å². The van der Waals surface area contributed by atoms with Gasteiger partial charge in [-0.25, -0.2) is 0 Å². The van der Waals surface area contributed by atoms with Gasteiger partial charge in [-0.3, -0.25) is 9.40 Å². The molecular weight excluding hydrogens is 296 g/mol. The van der Waals surface area contributed by atoms with Crippen molar-refractivity contribution in [2.75, 3.05) is 4.72 Å². The molecule has 0 spiro atoms. The minimum absolute atomic E-state index is 0.0811. The first kappa shape index (κ1) is 14.5. The largest absolute Gasteiger partial charge is 0.389 e. The molecular formula is C12H14N4O2S2. The maximum atomic E-state index is 12.3. The van der Waals surface area contributed by atoms with Crippen molar-refractivity contribution in [1.29, 1.82) is 0 Å². The normalized spacial score (nSPS) is 11.3. The molecule has 0 saturated heterocycles. The molecule has 0 aliphatic rings. The molecule has 1 heterocycles. The molecule has 106 valence electrons. The number of rotatable bonds is 4. The van der Waals surface area contributed by atoms with Gasteiger partial charge in [0.05, 0.1) is 11.9 Å². The average molecular weight is 310 g/mol. The fraction of sp³-hybridized carbons (Fsp3) is 0.167. The van der Waals surface area contributed by atoms with Crippen molar-refractivity contribution in [3.8, 4) is 0 Å². The third-order valence-corrected chi connectivity index (χ3v) is 4.49. The molecule has 0 unspecified atom stereocenters. The highest BCUT2D eigenvalue weighted by atomic mass is 32.2. The van der Waals surface area contributed by atoms with E-state index in [0.717, 1.165) is 5.56 Å². The third-order valence-electron chi connectivity index (χ3n) is 2.82. The van der Waals surface area contributed by atoms with Crippen LogP contribution in [0.5, 0.6) is 0 Å². The van der Waals surface area contributed by atoms with E-state index in [9.17, 15) is 8.42 Å². The highest BCUT2D eigenvalue weighted by Gasteiger charge is 2.19. The Morgan fingerprint density at radius 3 is 2.65 bits per heavy atom. The van der Waals surface area contributed by atoms with E-state index in [0.29, 0.717) is 11.3 Å². The Balaban J connectivity index is 2.42. The van der Waals surface area contributed by atoms with Gasteiger partial charge in [0.2, 0.25) is 0 Å². The van der Waals surface area contributed by atoms with Crippen molar-refractivity contribution in [2.24, 2.45) is 12.8 Å². The van der Waals surface area contributed by atoms with E-state index < -0.39 is 10.0 Å². The van der Waals surface area contributed by atoms with Crippen LogP contribution >= 0.6 is 12.2 Å². The van der Waals surface area contributed by atoms with E-state index in [-0.39, 0.29) is 10.0 Å². The molecule has 0 amide bonds. The number of nitrogens with zero attached hydrogens (tertiary/aromatic N) is 2. The predicted octanol–water partition coefficient (Wildman–Crippen LogP) is 1.16. The summed E-state index contributed by atoms with van der Waals surface area (Å²) in [6, 6.07) is 6.55. The first-order chi connectivity index (χ1) is 9.31. The molecule has 1 aromatic heterocycles. The minimum atomic E-state index is -3.70. The molecule has 0 bridgehead atoms. The van der Waals surface area contributed by atoms with Gasteiger partial charge in [0, 0.05) is 12.6 Å². The van der Waals surface area contributed by atoms with E-state index in [4.69, 9.17) is 18.0 Å². The molecule has 0 fully saturated rings. The second kappa shape index (κ2) is 5.22. The van der Waals surface area contributed by atoms with Gasteiger partial charge in [0.15, 0.2) is 5.03 Å². The number of aryl methyl sites for hydroxylation is 2. The number of benzene rings is 1. The van der Waals surface area contributed by atoms with Crippen molar-refractivity contribution in [1.82, 2.24) is 9.78 Å². The number of aromatic nitrogens is 2. The van der Waals surface area contributed by atoms with Crippen molar-refractivity contribution in [3.05, 3.63) is 41.6 Å². The number of sulfonamides is 1. The molecule has 2 rings (SSSR count). The minimum Gasteiger partial charge on any atom is -0.389 e. The molecule has 20 heavy (non-hydrogen) atoms. The summed E-state index contributed by atoms with van der Waals surface area (Å²) in [5.74, 6) is 0. The van der Waals surface area contributed by atoms with Gasteiger partial charge in [0.1, 0.15) is 4.99 Å². The number of thiocarbonyl (C=S) groups is 1. The SMILES string of the molecule is Cc1ccc(C(N)=S)cc1NS(=O)(=O)c1ccnn1C. The standard InChI is InChI=1S/C12H14N4O2S2/c1-8-3-4-9(12(13)19)7-10(8)15-20(17,18)11-5-6-14-16(11)2/h3-7,15H,1-2H3,(H2,13,19). The number of anilines is 1. The lowest BCUT2D eigenvalue weighted by atomic mass is 10.1. The number of hydrogen-bond donors (Lipinski definition) is 2. The van der Waals surface area contributed by atoms with Gasteiger partial charge in [-0.1, -0.05) is 24.4 Å². The summed E-state index contributed by atoms with van der Waals surface area (Å²) >= 11 is 4.89. The quantitative estimate of drug-likeness (QED) is 0.827. The van der Waals surface area contributed by atoms with Crippen LogP contribution in [0.4, 0.5) is 5.69 Å². The van der Waals surface area contributed by atoms with E-state index in [1.165, 1.54) is 16.9 Å². The van der Waals surface area contributed by atoms with Crippen LogP contribution in [-0.2, 0) is 17.1 Å². The predicted molar refractivity (Wildman–Crippen MR) is 81.1 cm³/mol. The van der Waals surface area contributed by atoms with Gasteiger partial charge in [-0.15, -0.1) is 0 Å². The molecule has 0 atom stereocenters. The fourth-order valence-corrected chi connectivity index (χ4v) is 3.08. The summed E-state index contributed by atoms with van der Waals surface area (Å²) in [6.07, 6.45) is 1.42. The Bertz CT molecular complexity index is 766. The van der Waals surface area contributed by atoms with Crippen LogP contribution in [0.25, 0.3) is 0 Å². The number of nitrogens with one attached hydrogen (secondary N) is 1. The highest BCUT2D eigenvalue weighted by molar-refractivity contribution is 7.92. The van der Waals surface area contributed by atoms with Crippen LogP contribution in [-0.4, -0.2) is 23.2 Å². The Morgan fingerprint density at radius 2 is 2.10 bits per heavy atom. The average Bonchev–Trinajstić information content (AvgIpc) is 2.78. The third kappa shape index (κ3) is 2.81. The molecule has 1 aromatic carbocycles. The summed E-state index contributed by atoms with van der Waals surface area (Å²) in [4.78, 5) is 0.214. The van der Waals surface area contributed by atoms with Crippen LogP contribution in [0.2, 0.25) is 0 Å². The van der Waals surface area contributed by atoms with Crippen LogP contribution in [0, 0.1) is 6.92 Å². The summed E-state index contributed by atoms with van der Waals surface area (Å²) in [7, 11) is -2.14. The topological polar surface area (TPSA) is 90.0 Å². The van der Waals surface area contributed by atoms with E-state index in [1.54, 1.807) is 32.2 Å². The zero-order chi connectivity index (χ0) is 14.9. The lowest BCUT2D eigenvalue weighted by Crippen LogP contribution is -2.18. The van der Waals surface area contributed by atoms with E-state index in [1.807, 2.05) is 0 Å². The Labute approximate surface area is 122 Å². The summed E-state index contributed by atoms with van der Waals surface area (Å²) in [6.45, 7) is 1.80. The smallest absolute Gasteiger partial charge is 0.279 e. The highest BCUT2D eigenvalue weighted by Crippen LogP contribution is 2.21. The lowest BCUT2D eigenvalue weighted by Gasteiger charge is -2.12. The fourth-order valence-electron chi connectivity index (χ4n) is 1.71. The van der Waals surface area contributed by atoms with Crippen LogP contribution in [0.1, 0.15) is 11.1 Å². The molecule has 0 saturated carbocycles. The maximum absolute atomic E-state index is 12.3. The maximum Gasteiger partial charge on any atom is 0.279 e. The monoisotopic (exact) mass is 310 g/mol. The van der Waals surface area contributed by atoms with Gasteiger partial charge in [0.25, 0.3) is 10.0 Å². The van der Waals surface area contributed by atoms with Crippen LogP contribution in [0.3, 0.4) is 0 Å². The molecule has 8 heteroatoms. The van der Waals surface area contributed by atoms with Crippen molar-refractivity contribution < 1.29 is 8.42 Å². The van der Waals surface area contributed by atoms with E-state index >= 15 is 0 Å². The Morgan fingerprint density at radius 1 is 1.40 bits per heavy atom. The van der Waals surface area contributed by atoms with Gasteiger partial charge in [-0.05, 0) is 24.6 Å². The second-order valence-electron chi connectivity index (χ2n) is 4.29. The summed E-state index contributed by atoms with van der Waals surface area (Å²) in [5.41, 5.74) is 7.38. The van der Waals surface area contributed by atoms with Gasteiger partial charge in [-0.2, -0.15) is 13.5 Å². The zero-order valence-electron chi connectivity index (χ0n) is 11.0. The Kier molecular flexibility index (Phi) is 3.78. The van der Waals surface area contributed by atoms with E-state index in [2.05, 4.69) is 9.82 Å². The molecule has 0 radical (unpaired) electrons. The van der Waals surface area contributed by atoms with Crippen molar-refractivity contribution in [3.63, 3.8) is 0 Å². The van der Waals surface area contributed by atoms with Gasteiger partial charge < -0.3 is 5.73 Å². The molecule has 6 nitrogen and oxygen atoms in total. The zero-order valence-corrected chi connectivity index (χ0v) is 12.6. The molecule has 3 N–H and O–H groups in total. The van der Waals surface area contributed by atoms with Crippen LogP contribution in [0.15, 0.2) is 35.5 Å². The number of nitrogens with two attached hydrogens (primary N) is 1. The van der Waals surface area contributed by atoms with Gasteiger partial charge >= 0.3 is 0 Å². The first-order valence-corrected chi connectivity index (χ1v) is 7.61. The molecule has 0 aliphatic heterocycles. The van der Waals surface area contributed by atoms with Crippen LogP contribution < -0.4 is 10.5 Å².